The van der Waals surface area contributed by atoms with Crippen molar-refractivity contribution in [3.8, 4) is 0 Å². The predicted octanol–water partition coefficient (Wildman–Crippen LogP) is 4.34. The highest BCUT2D eigenvalue weighted by molar-refractivity contribution is 6.35. The Bertz CT molecular complexity index is 1320. The molecule has 0 bridgehead atoms. The monoisotopic (exact) mass is 460 g/mol. The number of anilines is 2. The van der Waals surface area contributed by atoms with E-state index < -0.39 is 22.8 Å². The van der Waals surface area contributed by atoms with Gasteiger partial charge in [-0.3, -0.25) is 24.7 Å². The van der Waals surface area contributed by atoms with E-state index in [1.165, 1.54) is 34.2 Å². The molecular formula is C24H17ClN4O4. The predicted molar refractivity (Wildman–Crippen MR) is 125 cm³/mol. The zero-order chi connectivity index (χ0) is 23.3. The summed E-state index contributed by atoms with van der Waals surface area (Å²) in [5.41, 5.74) is 2.66. The fourth-order valence-corrected chi connectivity index (χ4v) is 4.45. The number of hydrogen-bond donors (Lipinski definition) is 0. The number of nitro benzene ring substituents is 1. The fourth-order valence-electron chi connectivity index (χ4n) is 4.28. The summed E-state index contributed by atoms with van der Waals surface area (Å²) in [6.45, 7) is 1.76. The van der Waals surface area contributed by atoms with Gasteiger partial charge < -0.3 is 0 Å². The maximum Gasteiger partial charge on any atom is 0.269 e. The van der Waals surface area contributed by atoms with Gasteiger partial charge in [-0.15, -0.1) is 0 Å². The number of benzene rings is 3. The molecule has 3 aromatic rings. The molecule has 33 heavy (non-hydrogen) atoms. The summed E-state index contributed by atoms with van der Waals surface area (Å²) in [7, 11) is 0. The summed E-state index contributed by atoms with van der Waals surface area (Å²) in [6.07, 6.45) is 0. The minimum Gasteiger partial charge on any atom is -0.273 e. The highest BCUT2D eigenvalue weighted by atomic mass is 35.5. The maximum absolute atomic E-state index is 13.6. The van der Waals surface area contributed by atoms with E-state index >= 15 is 0 Å². The zero-order valence-electron chi connectivity index (χ0n) is 17.4. The highest BCUT2D eigenvalue weighted by Crippen LogP contribution is 2.41. The molecular weight excluding hydrogens is 444 g/mol. The van der Waals surface area contributed by atoms with Crippen LogP contribution in [0.3, 0.4) is 0 Å². The molecule has 0 spiro atoms. The number of halogens is 1. The number of non-ortho nitro benzene ring substituents is 1. The van der Waals surface area contributed by atoms with Crippen LogP contribution in [0.25, 0.3) is 0 Å². The van der Waals surface area contributed by atoms with E-state index in [2.05, 4.69) is 5.10 Å². The van der Waals surface area contributed by atoms with E-state index in [0.717, 1.165) is 5.56 Å². The smallest absolute Gasteiger partial charge is 0.269 e. The lowest BCUT2D eigenvalue weighted by Gasteiger charge is -2.23. The van der Waals surface area contributed by atoms with Gasteiger partial charge in [-0.2, -0.15) is 5.10 Å². The van der Waals surface area contributed by atoms with Crippen molar-refractivity contribution < 1.29 is 14.5 Å². The minimum atomic E-state index is -0.910. The Kier molecular flexibility index (Phi) is 4.94. The Hall–Kier alpha value is -4.04. The maximum atomic E-state index is 13.6. The summed E-state index contributed by atoms with van der Waals surface area (Å²) in [4.78, 5) is 39.0. The van der Waals surface area contributed by atoms with E-state index in [1.807, 2.05) is 30.3 Å². The summed E-state index contributed by atoms with van der Waals surface area (Å²) in [6, 6.07) is 19.1. The Morgan fingerprint density at radius 3 is 2.30 bits per heavy atom. The summed E-state index contributed by atoms with van der Waals surface area (Å²) in [5, 5.41) is 17.6. The molecule has 8 nitrogen and oxygen atoms in total. The molecule has 0 N–H and O–H groups in total. The van der Waals surface area contributed by atoms with Gasteiger partial charge in [0.25, 0.3) is 11.6 Å². The SMILES string of the molecule is Cc1c(Cl)cccc1N1C(=O)[C@H]2C(c3ccccc3)=NN(c3ccc([N+](=O)[O-])cc3)[C@@H]2C1=O. The molecule has 0 aliphatic carbocycles. The molecule has 1 saturated heterocycles. The van der Waals surface area contributed by atoms with Crippen molar-refractivity contribution in [3.05, 3.63) is 99.1 Å². The molecule has 1 fully saturated rings. The highest BCUT2D eigenvalue weighted by Gasteiger charge is 2.57. The van der Waals surface area contributed by atoms with E-state index in [0.29, 0.717) is 27.7 Å². The lowest BCUT2D eigenvalue weighted by atomic mass is 9.93. The Morgan fingerprint density at radius 1 is 0.939 bits per heavy atom. The van der Waals surface area contributed by atoms with Gasteiger partial charge in [0.05, 0.1) is 22.0 Å². The number of hydrazone groups is 1. The molecule has 0 radical (unpaired) electrons. The van der Waals surface area contributed by atoms with E-state index in [-0.39, 0.29) is 11.6 Å². The largest absolute Gasteiger partial charge is 0.273 e. The van der Waals surface area contributed by atoms with Gasteiger partial charge in [0.15, 0.2) is 0 Å². The van der Waals surface area contributed by atoms with Crippen LogP contribution in [0.4, 0.5) is 17.1 Å². The zero-order valence-corrected chi connectivity index (χ0v) is 18.1. The van der Waals surface area contributed by atoms with Crippen LogP contribution >= 0.6 is 11.6 Å². The number of fused-ring (bicyclic) bond motifs is 1. The first-order valence-corrected chi connectivity index (χ1v) is 10.6. The van der Waals surface area contributed by atoms with Gasteiger partial charge in [-0.25, -0.2) is 4.90 Å². The van der Waals surface area contributed by atoms with Crippen LogP contribution in [0, 0.1) is 23.0 Å². The molecule has 2 aliphatic heterocycles. The number of hydrogen-bond acceptors (Lipinski definition) is 6. The second-order valence-electron chi connectivity index (χ2n) is 7.79. The lowest BCUT2D eigenvalue weighted by molar-refractivity contribution is -0.384. The Morgan fingerprint density at radius 2 is 1.64 bits per heavy atom. The number of nitrogens with zero attached hydrogens (tertiary/aromatic N) is 4. The third-order valence-corrected chi connectivity index (χ3v) is 6.33. The second kappa shape index (κ2) is 7.83. The van der Waals surface area contributed by atoms with Crippen molar-refractivity contribution in [2.75, 3.05) is 9.91 Å². The Balaban J connectivity index is 1.63. The van der Waals surface area contributed by atoms with Gasteiger partial charge in [-0.1, -0.05) is 48.0 Å². The first kappa shape index (κ1) is 20.8. The number of amides is 2. The van der Waals surface area contributed by atoms with Crippen molar-refractivity contribution in [1.82, 2.24) is 0 Å². The van der Waals surface area contributed by atoms with Crippen molar-refractivity contribution >= 4 is 46.2 Å². The average Bonchev–Trinajstić information content (AvgIpc) is 3.33. The van der Waals surface area contributed by atoms with Crippen LogP contribution in [0.5, 0.6) is 0 Å². The summed E-state index contributed by atoms with van der Waals surface area (Å²) >= 11 is 6.26. The molecule has 2 atom stereocenters. The van der Waals surface area contributed by atoms with Crippen LogP contribution in [0.1, 0.15) is 11.1 Å². The quantitative estimate of drug-likeness (QED) is 0.328. The van der Waals surface area contributed by atoms with Crippen LogP contribution in [-0.2, 0) is 9.59 Å². The summed E-state index contributed by atoms with van der Waals surface area (Å²) < 4.78 is 0. The standard InChI is InChI=1S/C24H17ClN4O4/c1-14-18(25)8-5-9-19(14)27-23(30)20-21(15-6-3-2-4-7-15)26-28(22(20)24(27)31)16-10-12-17(13-11-16)29(32)33/h2-13,20,22H,1H3/t20-,22-/m0/s1. The first-order valence-electron chi connectivity index (χ1n) is 10.2. The van der Waals surface area contributed by atoms with E-state index in [4.69, 9.17) is 11.6 Å². The number of carbonyl (C=O) groups is 2. The van der Waals surface area contributed by atoms with Crippen molar-refractivity contribution in [3.63, 3.8) is 0 Å². The summed E-state index contributed by atoms with van der Waals surface area (Å²) in [5.74, 6) is -1.64. The third kappa shape index (κ3) is 3.27. The molecule has 3 aromatic carbocycles. The molecule has 2 aliphatic rings. The van der Waals surface area contributed by atoms with E-state index in [1.54, 1.807) is 25.1 Å². The first-order chi connectivity index (χ1) is 15.9. The average molecular weight is 461 g/mol. The Labute approximate surface area is 193 Å². The third-order valence-electron chi connectivity index (χ3n) is 5.92. The van der Waals surface area contributed by atoms with Crippen molar-refractivity contribution in [1.29, 1.82) is 0 Å². The van der Waals surface area contributed by atoms with Crippen molar-refractivity contribution in [2.45, 2.75) is 13.0 Å². The van der Waals surface area contributed by atoms with Gasteiger partial charge in [-0.05, 0) is 42.3 Å². The minimum absolute atomic E-state index is 0.0771. The number of nitro groups is 1. The van der Waals surface area contributed by atoms with Gasteiger partial charge in [0, 0.05) is 17.2 Å². The molecule has 164 valence electrons. The molecule has 2 heterocycles. The molecule has 0 unspecified atom stereocenters. The molecule has 0 saturated carbocycles. The van der Waals surface area contributed by atoms with Gasteiger partial charge in [0.2, 0.25) is 5.91 Å². The van der Waals surface area contributed by atoms with Crippen LogP contribution < -0.4 is 9.91 Å². The molecule has 0 aromatic heterocycles. The topological polar surface area (TPSA) is 96.1 Å². The molecule has 9 heteroatoms. The van der Waals surface area contributed by atoms with Crippen LogP contribution in [0.15, 0.2) is 77.9 Å². The number of carbonyl (C=O) groups excluding carboxylic acids is 2. The van der Waals surface area contributed by atoms with Gasteiger partial charge in [0.1, 0.15) is 12.0 Å². The van der Waals surface area contributed by atoms with Crippen LogP contribution in [0.2, 0.25) is 5.02 Å². The fraction of sp³-hybridized carbons (Fsp3) is 0.125. The van der Waals surface area contributed by atoms with Gasteiger partial charge >= 0.3 is 0 Å². The number of imide groups is 1. The van der Waals surface area contributed by atoms with Crippen LogP contribution in [-0.4, -0.2) is 28.5 Å². The molecule has 2 amide bonds. The lowest BCUT2D eigenvalue weighted by Crippen LogP contribution is -2.39. The van der Waals surface area contributed by atoms with E-state index in [9.17, 15) is 19.7 Å². The van der Waals surface area contributed by atoms with Crippen molar-refractivity contribution in [2.24, 2.45) is 11.0 Å². The number of rotatable bonds is 4. The normalized spacial score (nSPS) is 19.6. The second-order valence-corrected chi connectivity index (χ2v) is 8.19. The molecule has 5 rings (SSSR count).